The van der Waals surface area contributed by atoms with Gasteiger partial charge in [-0.25, -0.2) is 0 Å². The molecule has 2 N–H and O–H groups in total. The summed E-state index contributed by atoms with van der Waals surface area (Å²) in [7, 11) is 0. The number of furan rings is 1. The summed E-state index contributed by atoms with van der Waals surface area (Å²) in [6, 6.07) is 12.5. The van der Waals surface area contributed by atoms with E-state index in [1.807, 2.05) is 30.3 Å². The number of nitrogens with zero attached hydrogens (tertiary/aromatic N) is 1. The van der Waals surface area contributed by atoms with Gasteiger partial charge in [-0.2, -0.15) is 0 Å². The third-order valence-electron chi connectivity index (χ3n) is 3.03. The molecule has 0 aliphatic carbocycles. The standard InChI is InChI=1S/C15H11NO3/c17-12-4-1-10(2-5-12)13-6-3-11(9-16-18)14-7-8-19-15(13)14/h1-9,17-18H/b16-9+. The van der Waals surface area contributed by atoms with Crippen molar-refractivity contribution in [2.24, 2.45) is 5.16 Å². The molecular weight excluding hydrogens is 242 g/mol. The first-order valence-electron chi connectivity index (χ1n) is 5.76. The van der Waals surface area contributed by atoms with Gasteiger partial charge in [-0.1, -0.05) is 23.4 Å². The van der Waals surface area contributed by atoms with E-state index in [1.54, 1.807) is 18.4 Å². The predicted molar refractivity (Wildman–Crippen MR) is 72.7 cm³/mol. The Hall–Kier alpha value is -2.75. The Morgan fingerprint density at radius 2 is 1.79 bits per heavy atom. The first-order chi connectivity index (χ1) is 9.29. The first-order valence-corrected chi connectivity index (χ1v) is 5.76. The van der Waals surface area contributed by atoms with Crippen LogP contribution in [0.25, 0.3) is 22.1 Å². The van der Waals surface area contributed by atoms with E-state index in [9.17, 15) is 5.11 Å². The fraction of sp³-hybridized carbons (Fsp3) is 0. The minimum Gasteiger partial charge on any atom is -0.508 e. The first kappa shape index (κ1) is 11.3. The molecule has 0 spiro atoms. The Kier molecular flexibility index (Phi) is 2.68. The van der Waals surface area contributed by atoms with E-state index in [0.717, 1.165) is 27.7 Å². The summed E-state index contributed by atoms with van der Waals surface area (Å²) >= 11 is 0. The summed E-state index contributed by atoms with van der Waals surface area (Å²) in [4.78, 5) is 0. The Labute approximate surface area is 109 Å². The second-order valence-electron chi connectivity index (χ2n) is 4.16. The van der Waals surface area contributed by atoms with Crippen molar-refractivity contribution in [3.63, 3.8) is 0 Å². The number of oxime groups is 1. The van der Waals surface area contributed by atoms with Gasteiger partial charge in [0.25, 0.3) is 0 Å². The molecular formula is C15H11NO3. The number of hydrogen-bond donors (Lipinski definition) is 2. The Morgan fingerprint density at radius 3 is 2.53 bits per heavy atom. The highest BCUT2D eigenvalue weighted by atomic mass is 16.4. The number of hydrogen-bond acceptors (Lipinski definition) is 4. The van der Waals surface area contributed by atoms with Gasteiger partial charge in [0.2, 0.25) is 0 Å². The van der Waals surface area contributed by atoms with Crippen LogP contribution < -0.4 is 0 Å². The summed E-state index contributed by atoms with van der Waals surface area (Å²) in [5.74, 6) is 0.225. The molecule has 4 nitrogen and oxygen atoms in total. The molecule has 0 unspecified atom stereocenters. The lowest BCUT2D eigenvalue weighted by Gasteiger charge is -2.04. The van der Waals surface area contributed by atoms with Crippen LogP contribution >= 0.6 is 0 Å². The molecule has 0 saturated heterocycles. The summed E-state index contributed by atoms with van der Waals surface area (Å²) in [6.07, 6.45) is 2.97. The van der Waals surface area contributed by atoms with Crippen LogP contribution in [-0.2, 0) is 0 Å². The fourth-order valence-corrected chi connectivity index (χ4v) is 2.13. The van der Waals surface area contributed by atoms with Gasteiger partial charge in [-0.3, -0.25) is 0 Å². The molecule has 0 aliphatic rings. The lowest BCUT2D eigenvalue weighted by Crippen LogP contribution is -1.85. The maximum Gasteiger partial charge on any atom is 0.142 e. The van der Waals surface area contributed by atoms with Crippen molar-refractivity contribution in [3.8, 4) is 16.9 Å². The van der Waals surface area contributed by atoms with Crippen LogP contribution in [-0.4, -0.2) is 16.5 Å². The summed E-state index contributed by atoms with van der Waals surface area (Å²) < 4.78 is 5.51. The molecule has 3 aromatic rings. The monoisotopic (exact) mass is 253 g/mol. The molecule has 0 fully saturated rings. The molecule has 1 aromatic heterocycles. The largest absolute Gasteiger partial charge is 0.508 e. The molecule has 0 radical (unpaired) electrons. The van der Waals surface area contributed by atoms with Crippen molar-refractivity contribution in [3.05, 3.63) is 54.3 Å². The second kappa shape index (κ2) is 4.49. The average Bonchev–Trinajstić information content (AvgIpc) is 2.90. The second-order valence-corrected chi connectivity index (χ2v) is 4.16. The molecule has 4 heteroatoms. The fourth-order valence-electron chi connectivity index (χ4n) is 2.13. The summed E-state index contributed by atoms with van der Waals surface area (Å²) in [5.41, 5.74) is 3.39. The molecule has 0 amide bonds. The van der Waals surface area contributed by atoms with Gasteiger partial charge >= 0.3 is 0 Å². The highest BCUT2D eigenvalue weighted by Gasteiger charge is 2.09. The lowest BCUT2D eigenvalue weighted by atomic mass is 10.0. The molecule has 19 heavy (non-hydrogen) atoms. The molecule has 3 rings (SSSR count). The Morgan fingerprint density at radius 1 is 1.00 bits per heavy atom. The molecule has 0 atom stereocenters. The molecule has 2 aromatic carbocycles. The number of benzene rings is 2. The van der Waals surface area contributed by atoms with Crippen molar-refractivity contribution in [2.45, 2.75) is 0 Å². The predicted octanol–water partition coefficient (Wildman–Crippen LogP) is 3.61. The number of aromatic hydroxyl groups is 1. The van der Waals surface area contributed by atoms with Gasteiger partial charge in [0.15, 0.2) is 0 Å². The zero-order chi connectivity index (χ0) is 13.2. The molecule has 0 bridgehead atoms. The van der Waals surface area contributed by atoms with Crippen LogP contribution in [0.1, 0.15) is 5.56 Å². The van der Waals surface area contributed by atoms with Crippen LogP contribution in [0.3, 0.4) is 0 Å². The van der Waals surface area contributed by atoms with E-state index in [2.05, 4.69) is 5.16 Å². The maximum absolute atomic E-state index is 9.32. The lowest BCUT2D eigenvalue weighted by molar-refractivity contribution is 0.322. The van der Waals surface area contributed by atoms with Gasteiger partial charge in [0.05, 0.1) is 12.5 Å². The minimum absolute atomic E-state index is 0.225. The number of fused-ring (bicyclic) bond motifs is 1. The zero-order valence-electron chi connectivity index (χ0n) is 9.95. The van der Waals surface area contributed by atoms with Gasteiger partial charge in [-0.15, -0.1) is 0 Å². The molecule has 1 heterocycles. The highest BCUT2D eigenvalue weighted by molar-refractivity contribution is 6.03. The van der Waals surface area contributed by atoms with Crippen LogP contribution in [0.5, 0.6) is 5.75 Å². The van der Waals surface area contributed by atoms with Gasteiger partial charge < -0.3 is 14.7 Å². The maximum atomic E-state index is 9.32. The van der Waals surface area contributed by atoms with E-state index >= 15 is 0 Å². The highest BCUT2D eigenvalue weighted by Crippen LogP contribution is 2.31. The van der Waals surface area contributed by atoms with Gasteiger partial charge in [-0.05, 0) is 29.8 Å². The quantitative estimate of drug-likeness (QED) is 0.416. The van der Waals surface area contributed by atoms with Crippen LogP contribution in [0, 0.1) is 0 Å². The minimum atomic E-state index is 0.225. The topological polar surface area (TPSA) is 66.0 Å². The summed E-state index contributed by atoms with van der Waals surface area (Å²) in [6.45, 7) is 0. The SMILES string of the molecule is O/N=C/c1ccc(-c2ccc(O)cc2)c2occc12. The third-order valence-corrected chi connectivity index (χ3v) is 3.03. The van der Waals surface area contributed by atoms with Gasteiger partial charge in [0, 0.05) is 16.5 Å². The van der Waals surface area contributed by atoms with E-state index < -0.39 is 0 Å². The summed E-state index contributed by atoms with van der Waals surface area (Å²) in [5, 5.41) is 21.9. The zero-order valence-corrected chi connectivity index (χ0v) is 9.95. The number of phenols is 1. The van der Waals surface area contributed by atoms with Crippen molar-refractivity contribution in [1.82, 2.24) is 0 Å². The van der Waals surface area contributed by atoms with E-state index in [1.165, 1.54) is 6.21 Å². The molecule has 94 valence electrons. The van der Waals surface area contributed by atoms with Crippen LogP contribution in [0.15, 0.2) is 58.3 Å². The van der Waals surface area contributed by atoms with E-state index in [4.69, 9.17) is 9.62 Å². The third kappa shape index (κ3) is 1.93. The normalized spacial score (nSPS) is 11.4. The Bertz CT molecular complexity index is 742. The smallest absolute Gasteiger partial charge is 0.142 e. The van der Waals surface area contributed by atoms with E-state index in [0.29, 0.717) is 0 Å². The number of phenolic OH excluding ortho intramolecular Hbond substituents is 1. The molecule has 0 aliphatic heterocycles. The Balaban J connectivity index is 2.23. The van der Waals surface area contributed by atoms with Crippen molar-refractivity contribution >= 4 is 17.2 Å². The molecule has 0 saturated carbocycles. The van der Waals surface area contributed by atoms with Crippen LogP contribution in [0.2, 0.25) is 0 Å². The van der Waals surface area contributed by atoms with Crippen molar-refractivity contribution in [2.75, 3.05) is 0 Å². The number of rotatable bonds is 2. The van der Waals surface area contributed by atoms with Gasteiger partial charge in [0.1, 0.15) is 11.3 Å². The average molecular weight is 253 g/mol. The van der Waals surface area contributed by atoms with Crippen LogP contribution in [0.4, 0.5) is 0 Å². The van der Waals surface area contributed by atoms with E-state index in [-0.39, 0.29) is 5.75 Å². The van der Waals surface area contributed by atoms with Crippen molar-refractivity contribution in [1.29, 1.82) is 0 Å². The van der Waals surface area contributed by atoms with Crippen molar-refractivity contribution < 1.29 is 14.7 Å².